The van der Waals surface area contributed by atoms with Gasteiger partial charge < -0.3 is 10.3 Å². The molecule has 0 radical (unpaired) electrons. The number of nitrogens with two attached hydrogens (primary N) is 1. The summed E-state index contributed by atoms with van der Waals surface area (Å²) in [7, 11) is 0. The molecule has 1 heterocycles. The van der Waals surface area contributed by atoms with Crippen LogP contribution in [0.25, 0.3) is 0 Å². The van der Waals surface area contributed by atoms with Crippen LogP contribution in [0, 0.1) is 5.82 Å². The number of nitrogens with zero attached hydrogens (tertiary/aromatic N) is 2. The second-order valence-corrected chi connectivity index (χ2v) is 6.28. The highest BCUT2D eigenvalue weighted by atomic mass is 32.2. The molecule has 0 spiro atoms. The average Bonchev–Trinajstić information content (AvgIpc) is 2.77. The number of hydrogen-bond acceptors (Lipinski definition) is 3. The zero-order valence-electron chi connectivity index (χ0n) is 12.8. The van der Waals surface area contributed by atoms with Gasteiger partial charge >= 0.3 is 0 Å². The van der Waals surface area contributed by atoms with Crippen molar-refractivity contribution in [2.45, 2.75) is 49.6 Å². The van der Waals surface area contributed by atoms with Gasteiger partial charge in [0.15, 0.2) is 0 Å². The van der Waals surface area contributed by atoms with Gasteiger partial charge in [-0.15, -0.1) is 0 Å². The Balaban J connectivity index is 2.44. The number of rotatable bonds is 6. The third-order valence-corrected chi connectivity index (χ3v) is 4.38. The average molecular weight is 307 g/mol. The molecule has 1 aromatic heterocycles. The summed E-state index contributed by atoms with van der Waals surface area (Å²) < 4.78 is 15.6. The first-order chi connectivity index (χ1) is 10.1. The van der Waals surface area contributed by atoms with Crippen LogP contribution in [0.2, 0.25) is 0 Å². The maximum Gasteiger partial charge on any atom is 0.124 e. The molecular weight excluding hydrogens is 285 g/mol. The molecule has 0 aliphatic heterocycles. The van der Waals surface area contributed by atoms with E-state index in [2.05, 4.69) is 25.3 Å². The Kier molecular flexibility index (Phi) is 5.42. The first-order valence-electron chi connectivity index (χ1n) is 7.29. The zero-order valence-corrected chi connectivity index (χ0v) is 13.6. The minimum atomic E-state index is -0.212. The second kappa shape index (κ2) is 7.09. The molecule has 2 rings (SSSR count). The lowest BCUT2D eigenvalue weighted by molar-refractivity contribution is 0.623. The summed E-state index contributed by atoms with van der Waals surface area (Å²) in [6, 6.07) is 6.68. The number of benzene rings is 1. The van der Waals surface area contributed by atoms with E-state index in [9.17, 15) is 4.39 Å². The van der Waals surface area contributed by atoms with E-state index in [-0.39, 0.29) is 5.82 Å². The predicted octanol–water partition coefficient (Wildman–Crippen LogP) is 3.82. The van der Waals surface area contributed by atoms with Gasteiger partial charge in [-0.1, -0.05) is 31.7 Å². The van der Waals surface area contributed by atoms with E-state index in [0.29, 0.717) is 12.5 Å². The molecule has 0 fully saturated rings. The van der Waals surface area contributed by atoms with E-state index in [1.54, 1.807) is 23.9 Å². The first-order valence-corrected chi connectivity index (χ1v) is 8.11. The lowest BCUT2D eigenvalue weighted by Crippen LogP contribution is -2.09. The summed E-state index contributed by atoms with van der Waals surface area (Å²) in [5.41, 5.74) is 6.75. The van der Waals surface area contributed by atoms with Crippen molar-refractivity contribution < 1.29 is 4.39 Å². The normalized spacial score (nSPS) is 11.3. The maximum atomic E-state index is 13.4. The summed E-state index contributed by atoms with van der Waals surface area (Å²) in [5.74, 6) is 1.13. The summed E-state index contributed by atoms with van der Waals surface area (Å²) in [4.78, 5) is 5.65. The van der Waals surface area contributed by atoms with E-state index in [1.165, 1.54) is 6.07 Å². The van der Waals surface area contributed by atoms with Gasteiger partial charge in [0.05, 0.1) is 5.69 Å². The van der Waals surface area contributed by atoms with Crippen molar-refractivity contribution in [2.75, 3.05) is 6.54 Å². The topological polar surface area (TPSA) is 43.8 Å². The molecule has 0 amide bonds. The molecule has 0 bridgehead atoms. The molecular formula is C16H22FN3S. The molecule has 0 saturated heterocycles. The fourth-order valence-corrected chi connectivity index (χ4v) is 3.55. The van der Waals surface area contributed by atoms with E-state index in [4.69, 9.17) is 10.7 Å². The highest BCUT2D eigenvalue weighted by Gasteiger charge is 2.19. The largest absolute Gasteiger partial charge is 0.330 e. The van der Waals surface area contributed by atoms with Gasteiger partial charge in [0.1, 0.15) is 16.7 Å². The van der Waals surface area contributed by atoms with Gasteiger partial charge in [-0.05, 0) is 37.6 Å². The quantitative estimate of drug-likeness (QED) is 0.882. The van der Waals surface area contributed by atoms with Crippen molar-refractivity contribution in [3.05, 3.63) is 41.6 Å². The highest BCUT2D eigenvalue weighted by Crippen LogP contribution is 2.35. The fourth-order valence-electron chi connectivity index (χ4n) is 2.27. The third-order valence-electron chi connectivity index (χ3n) is 3.27. The van der Waals surface area contributed by atoms with Crippen LogP contribution in [0.15, 0.2) is 34.2 Å². The van der Waals surface area contributed by atoms with Crippen LogP contribution in [-0.2, 0) is 13.0 Å². The maximum absolute atomic E-state index is 13.4. The smallest absolute Gasteiger partial charge is 0.124 e. The SMILES string of the molecule is CCn1c(CCN)nc(C(C)C)c1Sc1cccc(F)c1. The van der Waals surface area contributed by atoms with Crippen molar-refractivity contribution in [1.82, 2.24) is 9.55 Å². The molecule has 2 aromatic rings. The highest BCUT2D eigenvalue weighted by molar-refractivity contribution is 7.99. The van der Waals surface area contributed by atoms with Crippen LogP contribution in [0.5, 0.6) is 0 Å². The van der Waals surface area contributed by atoms with Gasteiger partial charge in [0.25, 0.3) is 0 Å². The minimum absolute atomic E-state index is 0.212. The Morgan fingerprint density at radius 1 is 1.38 bits per heavy atom. The minimum Gasteiger partial charge on any atom is -0.330 e. The third kappa shape index (κ3) is 3.66. The Morgan fingerprint density at radius 3 is 2.71 bits per heavy atom. The number of aromatic nitrogens is 2. The Hall–Kier alpha value is -1.33. The predicted molar refractivity (Wildman–Crippen MR) is 85.3 cm³/mol. The number of imidazole rings is 1. The molecule has 0 aliphatic carbocycles. The van der Waals surface area contributed by atoms with Crippen molar-refractivity contribution in [2.24, 2.45) is 5.73 Å². The molecule has 1 aromatic carbocycles. The summed E-state index contributed by atoms with van der Waals surface area (Å²) in [5, 5.41) is 1.10. The van der Waals surface area contributed by atoms with E-state index >= 15 is 0 Å². The van der Waals surface area contributed by atoms with Crippen LogP contribution in [0.1, 0.15) is 38.2 Å². The molecule has 0 aliphatic rings. The van der Waals surface area contributed by atoms with Crippen LogP contribution in [0.3, 0.4) is 0 Å². The van der Waals surface area contributed by atoms with Crippen molar-refractivity contribution in [3.63, 3.8) is 0 Å². The van der Waals surface area contributed by atoms with E-state index in [1.807, 2.05) is 6.07 Å². The van der Waals surface area contributed by atoms with Gasteiger partial charge in [0.2, 0.25) is 0 Å². The van der Waals surface area contributed by atoms with Crippen molar-refractivity contribution in [1.29, 1.82) is 0 Å². The van der Waals surface area contributed by atoms with Gasteiger partial charge in [-0.3, -0.25) is 0 Å². The van der Waals surface area contributed by atoms with Crippen LogP contribution in [0.4, 0.5) is 4.39 Å². The van der Waals surface area contributed by atoms with Crippen LogP contribution >= 0.6 is 11.8 Å². The van der Waals surface area contributed by atoms with Gasteiger partial charge in [-0.2, -0.15) is 0 Å². The number of hydrogen-bond donors (Lipinski definition) is 1. The molecule has 114 valence electrons. The number of halogens is 1. The Labute approximate surface area is 129 Å². The van der Waals surface area contributed by atoms with Crippen molar-refractivity contribution >= 4 is 11.8 Å². The molecule has 2 N–H and O–H groups in total. The molecule has 0 saturated carbocycles. The van der Waals surface area contributed by atoms with Crippen molar-refractivity contribution in [3.8, 4) is 0 Å². The summed E-state index contributed by atoms with van der Waals surface area (Å²) in [6.07, 6.45) is 0.761. The van der Waals surface area contributed by atoms with Crippen LogP contribution in [-0.4, -0.2) is 16.1 Å². The first kappa shape index (κ1) is 16.0. The zero-order chi connectivity index (χ0) is 15.4. The molecule has 0 unspecified atom stereocenters. The van der Waals surface area contributed by atoms with Gasteiger partial charge in [-0.25, -0.2) is 9.37 Å². The van der Waals surface area contributed by atoms with E-state index in [0.717, 1.165) is 34.4 Å². The van der Waals surface area contributed by atoms with Gasteiger partial charge in [0, 0.05) is 17.9 Å². The summed E-state index contributed by atoms with van der Waals surface area (Å²) in [6.45, 7) is 7.78. The Morgan fingerprint density at radius 2 is 2.14 bits per heavy atom. The van der Waals surface area contributed by atoms with Crippen LogP contribution < -0.4 is 5.73 Å². The van der Waals surface area contributed by atoms with E-state index < -0.39 is 0 Å². The molecule has 3 nitrogen and oxygen atoms in total. The lowest BCUT2D eigenvalue weighted by Gasteiger charge is -2.11. The monoisotopic (exact) mass is 307 g/mol. The lowest BCUT2D eigenvalue weighted by atomic mass is 10.1. The fraction of sp³-hybridized carbons (Fsp3) is 0.438. The molecule has 5 heteroatoms. The molecule has 0 atom stereocenters. The second-order valence-electron chi connectivity index (χ2n) is 5.22. The summed E-state index contributed by atoms with van der Waals surface area (Å²) >= 11 is 1.57. The standard InChI is InChI=1S/C16H22FN3S/c1-4-20-14(8-9-18)19-15(11(2)3)16(20)21-13-7-5-6-12(17)10-13/h5-7,10-11H,4,8-9,18H2,1-3H3. The molecule has 21 heavy (non-hydrogen) atoms. The Bertz CT molecular complexity index is 608.